The molecular weight excluding hydrogens is 222 g/mol. The van der Waals surface area contributed by atoms with Gasteiger partial charge in [-0.25, -0.2) is 0 Å². The molecule has 0 radical (unpaired) electrons. The number of carbonyl (C=O) groups excluding carboxylic acids is 2. The highest BCUT2D eigenvalue weighted by Crippen LogP contribution is 2.29. The molecule has 0 bridgehead atoms. The fourth-order valence-corrected chi connectivity index (χ4v) is 2.73. The van der Waals surface area contributed by atoms with Crippen molar-refractivity contribution in [2.24, 2.45) is 0 Å². The van der Waals surface area contributed by atoms with E-state index in [4.69, 9.17) is 0 Å². The number of hydrogen-bond acceptors (Lipinski definition) is 3. The Hall–Kier alpha value is -0.510. The molecule has 16 heavy (non-hydrogen) atoms. The van der Waals surface area contributed by atoms with Crippen LogP contribution in [0.5, 0.6) is 0 Å². The van der Waals surface area contributed by atoms with Crippen molar-refractivity contribution in [3.05, 3.63) is 0 Å². The molecule has 94 valence electrons. The van der Waals surface area contributed by atoms with Crippen molar-refractivity contribution in [3.8, 4) is 0 Å². The van der Waals surface area contributed by atoms with Gasteiger partial charge in [0, 0.05) is 12.5 Å². The maximum Gasteiger partial charge on any atom is 0.243 e. The third kappa shape index (κ3) is 3.81. The summed E-state index contributed by atoms with van der Waals surface area (Å²) in [5, 5.41) is 0.244. The van der Waals surface area contributed by atoms with E-state index < -0.39 is 0 Å². The molecule has 3 nitrogen and oxygen atoms in total. The summed E-state index contributed by atoms with van der Waals surface area (Å²) in [4.78, 5) is 24.7. The van der Waals surface area contributed by atoms with Gasteiger partial charge in [0.25, 0.3) is 0 Å². The first-order valence-electron chi connectivity index (χ1n) is 5.94. The van der Waals surface area contributed by atoms with E-state index in [0.717, 1.165) is 0 Å². The first-order valence-corrected chi connectivity index (χ1v) is 6.89. The van der Waals surface area contributed by atoms with Gasteiger partial charge in [0.2, 0.25) is 11.8 Å². The average molecular weight is 245 g/mol. The van der Waals surface area contributed by atoms with Gasteiger partial charge in [-0.05, 0) is 19.1 Å². The Morgan fingerprint density at radius 2 is 1.69 bits per heavy atom. The number of amides is 2. The Bertz CT molecular complexity index is 251. The highest BCUT2D eigenvalue weighted by molar-refractivity contribution is 8.01. The van der Waals surface area contributed by atoms with Gasteiger partial charge in [0.1, 0.15) is 0 Å². The van der Waals surface area contributed by atoms with E-state index in [-0.39, 0.29) is 23.1 Å². The fraction of sp³-hybridized carbons (Fsp3) is 0.833. The smallest absolute Gasteiger partial charge is 0.243 e. The largest absolute Gasteiger partial charge is 0.279 e. The van der Waals surface area contributed by atoms with Gasteiger partial charge in [-0.1, -0.05) is 27.7 Å². The topological polar surface area (TPSA) is 37.4 Å². The SMILES string of the molecule is CC.CC(C)SC1CC(=O)N(C(C)C)C1=O. The van der Waals surface area contributed by atoms with Gasteiger partial charge in [-0.3, -0.25) is 14.5 Å². The van der Waals surface area contributed by atoms with Crippen LogP contribution in [-0.2, 0) is 9.59 Å². The molecule has 0 saturated carbocycles. The monoisotopic (exact) mass is 245 g/mol. The molecule has 1 atom stereocenters. The number of nitrogens with zero attached hydrogens (tertiary/aromatic N) is 1. The predicted molar refractivity (Wildman–Crippen MR) is 69.5 cm³/mol. The van der Waals surface area contributed by atoms with E-state index in [1.807, 2.05) is 41.5 Å². The van der Waals surface area contributed by atoms with E-state index in [9.17, 15) is 9.59 Å². The molecule has 0 aromatic heterocycles. The van der Waals surface area contributed by atoms with Crippen molar-refractivity contribution in [2.45, 2.75) is 64.5 Å². The zero-order valence-electron chi connectivity index (χ0n) is 11.1. The summed E-state index contributed by atoms with van der Waals surface area (Å²) in [6, 6.07) is -0.00670. The number of thioether (sulfide) groups is 1. The van der Waals surface area contributed by atoms with Gasteiger partial charge < -0.3 is 0 Å². The minimum Gasteiger partial charge on any atom is -0.279 e. The molecular formula is C12H23NO2S. The zero-order valence-corrected chi connectivity index (χ0v) is 11.9. The van der Waals surface area contributed by atoms with E-state index in [2.05, 4.69) is 0 Å². The number of hydrogen-bond donors (Lipinski definition) is 0. The van der Waals surface area contributed by atoms with Crippen LogP contribution in [0, 0.1) is 0 Å². The quantitative estimate of drug-likeness (QED) is 0.717. The van der Waals surface area contributed by atoms with E-state index in [1.165, 1.54) is 4.90 Å². The Labute approximate surface area is 103 Å². The lowest BCUT2D eigenvalue weighted by atomic mass is 10.3. The third-order valence-electron chi connectivity index (χ3n) is 2.09. The van der Waals surface area contributed by atoms with Crippen molar-refractivity contribution < 1.29 is 9.59 Å². The first-order chi connectivity index (χ1) is 7.43. The number of imide groups is 1. The molecule has 4 heteroatoms. The van der Waals surface area contributed by atoms with Crippen molar-refractivity contribution in [1.29, 1.82) is 0 Å². The van der Waals surface area contributed by atoms with E-state index >= 15 is 0 Å². The lowest BCUT2D eigenvalue weighted by molar-refractivity contribution is -0.140. The summed E-state index contributed by atoms with van der Waals surface area (Å²) in [6.45, 7) is 11.8. The van der Waals surface area contributed by atoms with Crippen molar-refractivity contribution >= 4 is 23.6 Å². The average Bonchev–Trinajstić information content (AvgIpc) is 2.44. The number of carbonyl (C=O) groups is 2. The number of rotatable bonds is 3. The molecule has 1 aliphatic heterocycles. The second kappa shape index (κ2) is 6.94. The van der Waals surface area contributed by atoms with E-state index in [0.29, 0.717) is 11.7 Å². The minimum atomic E-state index is -0.148. The van der Waals surface area contributed by atoms with Crippen LogP contribution in [-0.4, -0.2) is 33.3 Å². The third-order valence-corrected chi connectivity index (χ3v) is 3.34. The summed E-state index contributed by atoms with van der Waals surface area (Å²) < 4.78 is 0. The highest BCUT2D eigenvalue weighted by Gasteiger charge is 2.40. The van der Waals surface area contributed by atoms with Crippen LogP contribution in [0.2, 0.25) is 0 Å². The van der Waals surface area contributed by atoms with Crippen LogP contribution in [0.25, 0.3) is 0 Å². The molecule has 2 amide bonds. The molecule has 1 heterocycles. The summed E-state index contributed by atoms with van der Waals surface area (Å²) in [6.07, 6.45) is 0.375. The molecule has 1 fully saturated rings. The zero-order chi connectivity index (χ0) is 12.9. The lowest BCUT2D eigenvalue weighted by Gasteiger charge is -2.19. The molecule has 0 aromatic rings. The molecule has 1 saturated heterocycles. The normalized spacial score (nSPS) is 20.5. The maximum absolute atomic E-state index is 11.8. The molecule has 1 rings (SSSR count). The van der Waals surface area contributed by atoms with Crippen LogP contribution < -0.4 is 0 Å². The van der Waals surface area contributed by atoms with Gasteiger partial charge in [0.05, 0.1) is 5.25 Å². The van der Waals surface area contributed by atoms with Crippen molar-refractivity contribution in [2.75, 3.05) is 0 Å². The van der Waals surface area contributed by atoms with Crippen molar-refractivity contribution in [1.82, 2.24) is 4.90 Å². The maximum atomic E-state index is 11.8. The summed E-state index contributed by atoms with van der Waals surface area (Å²) in [7, 11) is 0. The van der Waals surface area contributed by atoms with Crippen LogP contribution in [0.1, 0.15) is 48.0 Å². The molecule has 1 aliphatic rings. The Balaban J connectivity index is 0.00000106. The van der Waals surface area contributed by atoms with Gasteiger partial charge in [-0.15, -0.1) is 11.8 Å². The summed E-state index contributed by atoms with van der Waals surface area (Å²) >= 11 is 1.58. The molecule has 0 aliphatic carbocycles. The first kappa shape index (κ1) is 15.5. The molecule has 1 unspecified atom stereocenters. The van der Waals surface area contributed by atoms with Crippen LogP contribution in [0.15, 0.2) is 0 Å². The lowest BCUT2D eigenvalue weighted by Crippen LogP contribution is -2.37. The highest BCUT2D eigenvalue weighted by atomic mass is 32.2. The standard InChI is InChI=1S/C10H17NO2S.C2H6/c1-6(2)11-9(12)5-8(10(11)13)14-7(3)4;1-2/h6-8H,5H2,1-4H3;1-2H3. The molecule has 0 spiro atoms. The summed E-state index contributed by atoms with van der Waals surface area (Å²) in [5.41, 5.74) is 0. The Morgan fingerprint density at radius 3 is 2.00 bits per heavy atom. The van der Waals surface area contributed by atoms with Gasteiger partial charge >= 0.3 is 0 Å². The van der Waals surface area contributed by atoms with E-state index in [1.54, 1.807) is 11.8 Å². The number of likely N-dealkylation sites (tertiary alicyclic amines) is 1. The Morgan fingerprint density at radius 1 is 1.19 bits per heavy atom. The molecule has 0 aromatic carbocycles. The van der Waals surface area contributed by atoms with Crippen LogP contribution in [0.4, 0.5) is 0 Å². The second-order valence-electron chi connectivity index (χ2n) is 4.07. The minimum absolute atomic E-state index is 0.00670. The van der Waals surface area contributed by atoms with Crippen LogP contribution in [0.3, 0.4) is 0 Å². The van der Waals surface area contributed by atoms with Gasteiger partial charge in [-0.2, -0.15) is 0 Å². The van der Waals surface area contributed by atoms with Crippen molar-refractivity contribution in [3.63, 3.8) is 0 Å². The predicted octanol–water partition coefficient (Wildman–Crippen LogP) is 2.69. The van der Waals surface area contributed by atoms with Crippen LogP contribution >= 0.6 is 11.8 Å². The second-order valence-corrected chi connectivity index (χ2v) is 5.86. The summed E-state index contributed by atoms with van der Waals surface area (Å²) in [5.74, 6) is -0.0353. The van der Waals surface area contributed by atoms with Gasteiger partial charge in [0.15, 0.2) is 0 Å². The molecule has 0 N–H and O–H groups in total. The Kier molecular flexibility index (Phi) is 6.72. The fourth-order valence-electron chi connectivity index (χ4n) is 1.60.